The number of aromatic nitrogens is 2. The van der Waals surface area contributed by atoms with Gasteiger partial charge in [0.2, 0.25) is 0 Å². The topological polar surface area (TPSA) is 79.8 Å². The Balaban J connectivity index is 2.01. The van der Waals surface area contributed by atoms with Crippen LogP contribution in [0.25, 0.3) is 0 Å². The molecule has 0 spiro atoms. The molecule has 20 heavy (non-hydrogen) atoms. The van der Waals surface area contributed by atoms with Crippen LogP contribution in [0.15, 0.2) is 12.1 Å². The van der Waals surface area contributed by atoms with Gasteiger partial charge in [-0.1, -0.05) is 11.6 Å². The zero-order valence-electron chi connectivity index (χ0n) is 11.2. The Labute approximate surface area is 122 Å². The van der Waals surface area contributed by atoms with Crippen molar-refractivity contribution in [2.75, 3.05) is 46.8 Å². The molecule has 0 saturated carbocycles. The van der Waals surface area contributed by atoms with Crippen LogP contribution >= 0.6 is 11.6 Å². The van der Waals surface area contributed by atoms with E-state index in [1.54, 1.807) is 7.11 Å². The molecule has 1 aromatic heterocycles. The van der Waals surface area contributed by atoms with Crippen molar-refractivity contribution in [1.82, 2.24) is 10.2 Å². The van der Waals surface area contributed by atoms with Crippen LogP contribution in [0, 0.1) is 0 Å². The van der Waals surface area contributed by atoms with Crippen molar-refractivity contribution < 1.29 is 23.7 Å². The maximum atomic E-state index is 11.5. The van der Waals surface area contributed by atoms with Gasteiger partial charge in [-0.2, -0.15) is 0 Å². The molecule has 0 aliphatic heterocycles. The highest BCUT2D eigenvalue weighted by Crippen LogP contribution is 2.03. The molecule has 1 heterocycles. The van der Waals surface area contributed by atoms with Gasteiger partial charge in [-0.25, -0.2) is 4.79 Å². The van der Waals surface area contributed by atoms with Gasteiger partial charge in [0.1, 0.15) is 6.61 Å². The molecular formula is C12H17ClN2O5. The first-order valence-corrected chi connectivity index (χ1v) is 6.42. The molecule has 0 atom stereocenters. The minimum absolute atomic E-state index is 0.109. The average Bonchev–Trinajstić information content (AvgIpc) is 2.46. The number of carbonyl (C=O) groups excluding carboxylic acids is 1. The normalized spacial score (nSPS) is 10.5. The fraction of sp³-hybridized carbons (Fsp3) is 0.583. The maximum absolute atomic E-state index is 11.5. The van der Waals surface area contributed by atoms with Gasteiger partial charge in [0.05, 0.1) is 33.0 Å². The van der Waals surface area contributed by atoms with Gasteiger partial charge in [0.25, 0.3) is 0 Å². The van der Waals surface area contributed by atoms with Crippen LogP contribution in [0.4, 0.5) is 0 Å². The van der Waals surface area contributed by atoms with Crippen LogP contribution < -0.4 is 0 Å². The van der Waals surface area contributed by atoms with E-state index in [0.717, 1.165) is 0 Å². The monoisotopic (exact) mass is 304 g/mol. The lowest BCUT2D eigenvalue weighted by Crippen LogP contribution is -2.14. The van der Waals surface area contributed by atoms with Gasteiger partial charge in [-0.05, 0) is 12.1 Å². The number of ether oxygens (including phenoxy) is 4. The van der Waals surface area contributed by atoms with E-state index >= 15 is 0 Å². The molecule has 0 bridgehead atoms. The number of hydrogen-bond donors (Lipinski definition) is 0. The van der Waals surface area contributed by atoms with Crippen molar-refractivity contribution in [3.63, 3.8) is 0 Å². The molecule has 0 radical (unpaired) electrons. The second-order valence-electron chi connectivity index (χ2n) is 3.59. The number of rotatable bonds is 10. The molecule has 8 heteroatoms. The molecule has 0 aromatic carbocycles. The number of halogens is 1. The van der Waals surface area contributed by atoms with Gasteiger partial charge < -0.3 is 18.9 Å². The molecule has 0 N–H and O–H groups in total. The van der Waals surface area contributed by atoms with Crippen LogP contribution in [0.1, 0.15) is 10.5 Å². The van der Waals surface area contributed by atoms with E-state index in [1.807, 2.05) is 0 Å². The van der Waals surface area contributed by atoms with Gasteiger partial charge in [-0.3, -0.25) is 0 Å². The Morgan fingerprint density at radius 2 is 1.70 bits per heavy atom. The van der Waals surface area contributed by atoms with Crippen LogP contribution in [-0.4, -0.2) is 62.9 Å². The van der Waals surface area contributed by atoms with E-state index in [-0.39, 0.29) is 17.5 Å². The van der Waals surface area contributed by atoms with E-state index in [1.165, 1.54) is 12.1 Å². The summed E-state index contributed by atoms with van der Waals surface area (Å²) in [7, 11) is 1.61. The minimum Gasteiger partial charge on any atom is -0.458 e. The third-order valence-corrected chi connectivity index (χ3v) is 2.31. The summed E-state index contributed by atoms with van der Waals surface area (Å²) in [6, 6.07) is 2.92. The molecule has 0 unspecified atom stereocenters. The first-order valence-electron chi connectivity index (χ1n) is 6.05. The highest BCUT2D eigenvalue weighted by molar-refractivity contribution is 6.29. The average molecular weight is 305 g/mol. The van der Waals surface area contributed by atoms with Gasteiger partial charge in [0.15, 0.2) is 10.8 Å². The summed E-state index contributed by atoms with van der Waals surface area (Å²) in [4.78, 5) is 11.5. The van der Waals surface area contributed by atoms with Crippen molar-refractivity contribution >= 4 is 17.6 Å². The quantitative estimate of drug-likeness (QED) is 0.470. The molecule has 0 aliphatic carbocycles. The Hall–Kier alpha value is -1.28. The minimum atomic E-state index is -0.561. The van der Waals surface area contributed by atoms with Crippen LogP contribution in [0.3, 0.4) is 0 Å². The summed E-state index contributed by atoms with van der Waals surface area (Å²) in [5.74, 6) is -0.561. The second kappa shape index (κ2) is 10.5. The lowest BCUT2D eigenvalue weighted by atomic mass is 10.4. The van der Waals surface area contributed by atoms with Crippen LogP contribution in [0.5, 0.6) is 0 Å². The predicted molar refractivity (Wildman–Crippen MR) is 70.8 cm³/mol. The smallest absolute Gasteiger partial charge is 0.358 e. The number of methoxy groups -OCH3 is 1. The summed E-state index contributed by atoms with van der Waals surface area (Å²) < 4.78 is 20.2. The van der Waals surface area contributed by atoms with E-state index < -0.39 is 5.97 Å². The van der Waals surface area contributed by atoms with Crippen molar-refractivity contribution in [1.29, 1.82) is 0 Å². The molecule has 0 aliphatic rings. The first-order chi connectivity index (χ1) is 9.74. The van der Waals surface area contributed by atoms with E-state index in [9.17, 15) is 4.79 Å². The predicted octanol–water partition coefficient (Wildman–Crippen LogP) is 0.966. The second-order valence-corrected chi connectivity index (χ2v) is 3.98. The third-order valence-electron chi connectivity index (χ3n) is 2.11. The summed E-state index contributed by atoms with van der Waals surface area (Å²) in [5.41, 5.74) is 0.109. The fourth-order valence-electron chi connectivity index (χ4n) is 1.16. The van der Waals surface area contributed by atoms with Crippen molar-refractivity contribution in [3.05, 3.63) is 23.0 Å². The Morgan fingerprint density at radius 3 is 2.30 bits per heavy atom. The molecule has 0 amide bonds. The fourth-order valence-corrected chi connectivity index (χ4v) is 1.26. The molecular weight excluding hydrogens is 288 g/mol. The number of nitrogens with zero attached hydrogens (tertiary/aromatic N) is 2. The SMILES string of the molecule is COCCOCCOCCOC(=O)c1ccc(Cl)nn1. The standard InChI is InChI=1S/C12H17ClN2O5/c1-17-4-5-18-6-7-19-8-9-20-12(16)10-2-3-11(13)15-14-10/h2-3H,4-9H2,1H3. The number of esters is 1. The van der Waals surface area contributed by atoms with Crippen LogP contribution in [-0.2, 0) is 18.9 Å². The molecule has 1 aromatic rings. The van der Waals surface area contributed by atoms with Gasteiger partial charge in [-0.15, -0.1) is 10.2 Å². The molecule has 112 valence electrons. The Morgan fingerprint density at radius 1 is 1.05 bits per heavy atom. The molecule has 0 fully saturated rings. The van der Waals surface area contributed by atoms with E-state index in [0.29, 0.717) is 33.0 Å². The summed E-state index contributed by atoms with van der Waals surface area (Å²) >= 11 is 5.56. The summed E-state index contributed by atoms with van der Waals surface area (Å²) in [6.45, 7) is 2.42. The number of hydrogen-bond acceptors (Lipinski definition) is 7. The van der Waals surface area contributed by atoms with Crippen molar-refractivity contribution in [2.24, 2.45) is 0 Å². The zero-order valence-corrected chi connectivity index (χ0v) is 12.0. The molecule has 1 rings (SSSR count). The highest BCUT2D eigenvalue weighted by atomic mass is 35.5. The Bertz CT molecular complexity index is 388. The van der Waals surface area contributed by atoms with E-state index in [2.05, 4.69) is 10.2 Å². The largest absolute Gasteiger partial charge is 0.458 e. The number of carbonyl (C=O) groups is 1. The zero-order chi connectivity index (χ0) is 14.6. The Kier molecular flexibility index (Phi) is 8.81. The summed E-state index contributed by atoms with van der Waals surface area (Å²) in [6.07, 6.45) is 0. The van der Waals surface area contributed by atoms with Gasteiger partial charge >= 0.3 is 5.97 Å². The van der Waals surface area contributed by atoms with Crippen molar-refractivity contribution in [2.45, 2.75) is 0 Å². The molecule has 7 nitrogen and oxygen atoms in total. The van der Waals surface area contributed by atoms with Crippen LogP contribution in [0.2, 0.25) is 5.15 Å². The summed E-state index contributed by atoms with van der Waals surface area (Å²) in [5, 5.41) is 7.38. The first kappa shape index (κ1) is 16.8. The molecule has 0 saturated heterocycles. The van der Waals surface area contributed by atoms with E-state index in [4.69, 9.17) is 30.5 Å². The lowest BCUT2D eigenvalue weighted by Gasteiger charge is -2.06. The van der Waals surface area contributed by atoms with Crippen molar-refractivity contribution in [3.8, 4) is 0 Å². The van der Waals surface area contributed by atoms with Gasteiger partial charge in [0, 0.05) is 7.11 Å². The lowest BCUT2D eigenvalue weighted by molar-refractivity contribution is 0.00545. The third kappa shape index (κ3) is 7.34. The highest BCUT2D eigenvalue weighted by Gasteiger charge is 2.08. The maximum Gasteiger partial charge on any atom is 0.358 e.